The van der Waals surface area contributed by atoms with Crippen LogP contribution in [-0.2, 0) is 21.8 Å². The number of amides is 1. The lowest BCUT2D eigenvalue weighted by molar-refractivity contribution is -0.275. The van der Waals surface area contributed by atoms with Crippen molar-refractivity contribution in [1.29, 1.82) is 0 Å². The monoisotopic (exact) mass is 452 g/mol. The fourth-order valence-corrected chi connectivity index (χ4v) is 3.56. The van der Waals surface area contributed by atoms with Gasteiger partial charge in [-0.1, -0.05) is 12.1 Å². The zero-order valence-corrected chi connectivity index (χ0v) is 16.1. The van der Waals surface area contributed by atoms with Crippen molar-refractivity contribution in [2.24, 2.45) is 7.05 Å². The Bertz CT molecular complexity index is 1100. The van der Waals surface area contributed by atoms with Gasteiger partial charge in [-0.15, -0.1) is 23.0 Å². The molecule has 1 saturated heterocycles. The lowest BCUT2D eigenvalue weighted by atomic mass is 10.3. The van der Waals surface area contributed by atoms with Gasteiger partial charge in [0, 0.05) is 13.5 Å². The van der Waals surface area contributed by atoms with Crippen LogP contribution in [0.15, 0.2) is 34.0 Å². The van der Waals surface area contributed by atoms with E-state index in [1.54, 1.807) is 0 Å². The van der Waals surface area contributed by atoms with Crippen LogP contribution in [0.1, 0.15) is 6.42 Å². The first kappa shape index (κ1) is 21.6. The molecule has 2 aromatic rings. The molecule has 1 unspecified atom stereocenters. The van der Waals surface area contributed by atoms with Gasteiger partial charge in [0.05, 0.1) is 13.2 Å². The molecule has 1 aliphatic rings. The van der Waals surface area contributed by atoms with Crippen LogP contribution in [0.2, 0.25) is 0 Å². The summed E-state index contributed by atoms with van der Waals surface area (Å²) >= 11 is 0. The number of carbonyl (C=O) groups excluding carboxylic acids is 1. The lowest BCUT2D eigenvalue weighted by Gasteiger charge is -2.13. The number of para-hydroxylation sites is 1. The predicted molar refractivity (Wildman–Crippen MR) is 91.6 cm³/mol. The summed E-state index contributed by atoms with van der Waals surface area (Å²) in [5.41, 5.74) is -1.03. The molecule has 1 N–H and O–H groups in total. The molecule has 0 saturated carbocycles. The lowest BCUT2D eigenvalue weighted by Crippen LogP contribution is -2.40. The van der Waals surface area contributed by atoms with E-state index in [-0.39, 0.29) is 17.3 Å². The maximum absolute atomic E-state index is 12.5. The second kappa shape index (κ2) is 7.98. The molecule has 30 heavy (non-hydrogen) atoms. The van der Waals surface area contributed by atoms with Crippen LogP contribution in [0.5, 0.6) is 11.8 Å². The van der Waals surface area contributed by atoms with Crippen LogP contribution in [0.25, 0.3) is 0 Å². The van der Waals surface area contributed by atoms with Crippen LogP contribution in [0.4, 0.5) is 18.0 Å². The maximum Gasteiger partial charge on any atom is 0.573 e. The molecule has 1 aromatic heterocycles. The van der Waals surface area contributed by atoms with E-state index in [9.17, 15) is 31.2 Å². The number of halogens is 3. The summed E-state index contributed by atoms with van der Waals surface area (Å²) in [6, 6.07) is 2.02. The van der Waals surface area contributed by atoms with Crippen molar-refractivity contribution >= 4 is 16.1 Å². The van der Waals surface area contributed by atoms with Crippen molar-refractivity contribution < 1.29 is 40.6 Å². The van der Waals surface area contributed by atoms with Gasteiger partial charge in [-0.3, -0.25) is 0 Å². The number of sulfonamides is 1. The SMILES string of the molecule is Cn1c(OC2CCOC2)nn(C(=O)NS(=O)(=O)c2ccccc2OC(F)(F)F)c1=O. The molecule has 0 spiro atoms. The van der Waals surface area contributed by atoms with Crippen molar-refractivity contribution in [2.45, 2.75) is 23.8 Å². The fraction of sp³-hybridized carbons (Fsp3) is 0.400. The average Bonchev–Trinajstić information content (AvgIpc) is 3.24. The summed E-state index contributed by atoms with van der Waals surface area (Å²) < 4.78 is 79.2. The number of ether oxygens (including phenoxy) is 3. The number of nitrogens with one attached hydrogen (secondary N) is 1. The largest absolute Gasteiger partial charge is 0.573 e. The van der Waals surface area contributed by atoms with Crippen LogP contribution in [0.3, 0.4) is 0 Å². The number of alkyl halides is 3. The molecule has 0 bridgehead atoms. The first-order chi connectivity index (χ1) is 14.0. The highest BCUT2D eigenvalue weighted by molar-refractivity contribution is 7.90. The van der Waals surface area contributed by atoms with Crippen LogP contribution >= 0.6 is 0 Å². The molecule has 0 aliphatic carbocycles. The summed E-state index contributed by atoms with van der Waals surface area (Å²) in [6.45, 7) is 0.690. The van der Waals surface area contributed by atoms with Gasteiger partial charge < -0.3 is 14.2 Å². The van der Waals surface area contributed by atoms with E-state index < -0.39 is 44.9 Å². The number of benzene rings is 1. The van der Waals surface area contributed by atoms with Gasteiger partial charge in [-0.05, 0) is 12.1 Å². The van der Waals surface area contributed by atoms with Gasteiger partial charge in [0.2, 0.25) is 0 Å². The van der Waals surface area contributed by atoms with Crippen molar-refractivity contribution in [3.63, 3.8) is 0 Å². The standard InChI is InChI=1S/C15H15F3N4O7S/c1-21-13(28-9-6-7-27-8-9)19-22(14(21)24)12(23)20-30(25,26)11-5-3-2-4-10(11)29-15(16,17)18/h2-5,9H,6-8H2,1H3,(H,20,23). The predicted octanol–water partition coefficient (Wildman–Crippen LogP) is 0.595. The summed E-state index contributed by atoms with van der Waals surface area (Å²) in [7, 11) is -3.61. The number of hydrogen-bond acceptors (Lipinski definition) is 8. The van der Waals surface area contributed by atoms with Crippen molar-refractivity contribution in [1.82, 2.24) is 19.1 Å². The first-order valence-corrected chi connectivity index (χ1v) is 9.78. The number of rotatable bonds is 5. The Hall–Kier alpha value is -3.07. The van der Waals surface area contributed by atoms with Crippen molar-refractivity contribution in [2.75, 3.05) is 13.2 Å². The summed E-state index contributed by atoms with van der Waals surface area (Å²) in [6.07, 6.45) is -5.04. The molecule has 1 atom stereocenters. The molecule has 11 nitrogen and oxygen atoms in total. The Balaban J connectivity index is 1.85. The second-order valence-corrected chi connectivity index (χ2v) is 7.70. The number of aromatic nitrogens is 3. The Morgan fingerprint density at radius 1 is 1.33 bits per heavy atom. The fourth-order valence-electron chi connectivity index (χ4n) is 2.50. The molecule has 1 aromatic carbocycles. The van der Waals surface area contributed by atoms with Crippen LogP contribution in [-0.4, -0.2) is 54.5 Å². The second-order valence-electron chi connectivity index (χ2n) is 6.04. The highest BCUT2D eigenvalue weighted by atomic mass is 32.2. The van der Waals surface area contributed by atoms with E-state index >= 15 is 0 Å². The van der Waals surface area contributed by atoms with Gasteiger partial charge >= 0.3 is 24.1 Å². The zero-order chi connectivity index (χ0) is 22.1. The summed E-state index contributed by atoms with van der Waals surface area (Å²) in [5.74, 6) is -1.05. The van der Waals surface area contributed by atoms with E-state index in [4.69, 9.17) is 9.47 Å². The van der Waals surface area contributed by atoms with Crippen LogP contribution < -0.4 is 19.9 Å². The number of nitrogens with zero attached hydrogens (tertiary/aromatic N) is 3. The number of hydrogen-bond donors (Lipinski definition) is 1. The van der Waals surface area contributed by atoms with Crippen molar-refractivity contribution in [3.05, 3.63) is 34.7 Å². The molecule has 1 aliphatic heterocycles. The van der Waals surface area contributed by atoms with E-state index in [2.05, 4.69) is 9.84 Å². The Morgan fingerprint density at radius 2 is 2.03 bits per heavy atom. The van der Waals surface area contributed by atoms with Gasteiger partial charge in [0.1, 0.15) is 16.7 Å². The third kappa shape index (κ3) is 4.73. The first-order valence-electron chi connectivity index (χ1n) is 8.30. The Morgan fingerprint density at radius 3 is 2.67 bits per heavy atom. The zero-order valence-electron chi connectivity index (χ0n) is 15.2. The Labute approximate surface area is 167 Å². The molecular weight excluding hydrogens is 437 g/mol. The van der Waals surface area contributed by atoms with Gasteiger partial charge in [-0.25, -0.2) is 27.3 Å². The number of carbonyl (C=O) groups is 1. The summed E-state index contributed by atoms with van der Waals surface area (Å²) in [4.78, 5) is 23.6. The van der Waals surface area contributed by atoms with E-state index in [0.717, 1.165) is 28.8 Å². The van der Waals surface area contributed by atoms with E-state index in [1.807, 2.05) is 0 Å². The average molecular weight is 452 g/mol. The Kier molecular flexibility index (Phi) is 5.76. The molecule has 2 heterocycles. The molecule has 1 amide bonds. The maximum atomic E-state index is 12.5. The minimum atomic E-state index is -5.16. The summed E-state index contributed by atoms with van der Waals surface area (Å²) in [5, 5.41) is 3.63. The van der Waals surface area contributed by atoms with Gasteiger partial charge in [0.15, 0.2) is 0 Å². The minimum Gasteiger partial charge on any atom is -0.458 e. The van der Waals surface area contributed by atoms with Crippen molar-refractivity contribution in [3.8, 4) is 11.8 Å². The molecule has 15 heteroatoms. The molecule has 0 radical (unpaired) electrons. The van der Waals surface area contributed by atoms with E-state index in [1.165, 1.54) is 11.8 Å². The quantitative estimate of drug-likeness (QED) is 0.698. The van der Waals surface area contributed by atoms with Crippen LogP contribution in [0, 0.1) is 0 Å². The molecule has 3 rings (SSSR count). The topological polar surface area (TPSA) is 131 Å². The van der Waals surface area contributed by atoms with Gasteiger partial charge in [0.25, 0.3) is 10.0 Å². The van der Waals surface area contributed by atoms with Gasteiger partial charge in [-0.2, -0.15) is 0 Å². The smallest absolute Gasteiger partial charge is 0.458 e. The third-order valence-corrected chi connectivity index (χ3v) is 5.24. The molecule has 164 valence electrons. The third-order valence-electron chi connectivity index (χ3n) is 3.88. The minimum absolute atomic E-state index is 0.177. The normalized spacial score (nSPS) is 17.0. The molecule has 1 fully saturated rings. The highest BCUT2D eigenvalue weighted by Gasteiger charge is 2.35. The molecular formula is C15H15F3N4O7S. The highest BCUT2D eigenvalue weighted by Crippen LogP contribution is 2.29. The van der Waals surface area contributed by atoms with E-state index in [0.29, 0.717) is 13.0 Å².